The van der Waals surface area contributed by atoms with E-state index >= 15 is 0 Å². The molecule has 0 aromatic heterocycles. The van der Waals surface area contributed by atoms with Crippen LogP contribution < -0.4 is 0 Å². The fraction of sp³-hybridized carbons (Fsp3) is 0.750. The molecule has 1 aliphatic rings. The smallest absolute Gasteiger partial charge is 0.411 e. The normalized spacial score (nSPS) is 23.8. The Bertz CT molecular complexity index is 364. The van der Waals surface area contributed by atoms with Gasteiger partial charge in [0.05, 0.1) is 0 Å². The quantitative estimate of drug-likeness (QED) is 0.786. The van der Waals surface area contributed by atoms with Crippen molar-refractivity contribution in [3.8, 4) is 0 Å². The third-order valence-electron chi connectivity index (χ3n) is 2.80. The first-order valence-corrected chi connectivity index (χ1v) is 6.10. The predicted molar refractivity (Wildman–Crippen MR) is 64.8 cm³/mol. The minimum atomic E-state index is -1.21. The van der Waals surface area contributed by atoms with Crippen molar-refractivity contribution in [2.45, 2.75) is 57.7 Å². The highest BCUT2D eigenvalue weighted by Gasteiger charge is 2.43. The van der Waals surface area contributed by atoms with Crippen LogP contribution in [0.3, 0.4) is 0 Å². The van der Waals surface area contributed by atoms with Crippen LogP contribution in [0.25, 0.3) is 0 Å². The van der Waals surface area contributed by atoms with Gasteiger partial charge in [0.15, 0.2) is 0 Å². The Labute approximate surface area is 111 Å². The van der Waals surface area contributed by atoms with E-state index in [0.717, 1.165) is 4.90 Å². The predicted octanol–water partition coefficient (Wildman–Crippen LogP) is 1.31. The molecule has 0 unspecified atom stereocenters. The molecule has 2 N–H and O–H groups in total. The average molecular weight is 273 g/mol. The second kappa shape index (κ2) is 5.46. The van der Waals surface area contributed by atoms with Crippen LogP contribution in [-0.4, -0.2) is 50.8 Å². The standard InChI is InChI=1S/C12H19NO6/c1-12(2,3)19-11(18)13-7(9(14)15)5-4-6-8(13)10(16)17/h7-8H,4-6H2,1-3H3,(H,14,15)(H,16,17)/t7-,8+. The van der Waals surface area contributed by atoms with Crippen molar-refractivity contribution in [2.75, 3.05) is 0 Å². The van der Waals surface area contributed by atoms with Gasteiger partial charge < -0.3 is 14.9 Å². The molecule has 7 heteroatoms. The first-order valence-electron chi connectivity index (χ1n) is 6.10. The molecule has 1 aliphatic heterocycles. The lowest BCUT2D eigenvalue weighted by molar-refractivity contribution is -0.153. The van der Waals surface area contributed by atoms with E-state index in [9.17, 15) is 14.4 Å². The molecule has 1 amide bonds. The van der Waals surface area contributed by atoms with Crippen molar-refractivity contribution in [3.05, 3.63) is 0 Å². The topological polar surface area (TPSA) is 104 Å². The van der Waals surface area contributed by atoms with Gasteiger partial charge in [0, 0.05) is 0 Å². The number of carbonyl (C=O) groups excluding carboxylic acids is 1. The zero-order valence-corrected chi connectivity index (χ0v) is 11.3. The number of carboxylic acids is 2. The summed E-state index contributed by atoms with van der Waals surface area (Å²) in [6.45, 7) is 4.92. The summed E-state index contributed by atoms with van der Waals surface area (Å²) >= 11 is 0. The summed E-state index contributed by atoms with van der Waals surface area (Å²) in [6, 6.07) is -2.30. The molecule has 19 heavy (non-hydrogen) atoms. The summed E-state index contributed by atoms with van der Waals surface area (Å²) < 4.78 is 5.10. The second-order valence-corrected chi connectivity index (χ2v) is 5.53. The number of piperidine rings is 1. The van der Waals surface area contributed by atoms with E-state index in [4.69, 9.17) is 14.9 Å². The van der Waals surface area contributed by atoms with Crippen LogP contribution in [0.15, 0.2) is 0 Å². The third kappa shape index (κ3) is 3.84. The van der Waals surface area contributed by atoms with Crippen molar-refractivity contribution < 1.29 is 29.3 Å². The Morgan fingerprint density at radius 1 is 1.05 bits per heavy atom. The van der Waals surface area contributed by atoms with Gasteiger partial charge in [-0.2, -0.15) is 0 Å². The number of ether oxygens (including phenoxy) is 1. The van der Waals surface area contributed by atoms with Gasteiger partial charge >= 0.3 is 18.0 Å². The summed E-state index contributed by atoms with van der Waals surface area (Å²) in [6.07, 6.45) is 0.0243. The van der Waals surface area contributed by atoms with Crippen LogP contribution in [0, 0.1) is 0 Å². The van der Waals surface area contributed by atoms with E-state index in [1.165, 1.54) is 0 Å². The largest absolute Gasteiger partial charge is 0.480 e. The van der Waals surface area contributed by atoms with Gasteiger partial charge in [0.25, 0.3) is 0 Å². The summed E-state index contributed by atoms with van der Waals surface area (Å²) in [4.78, 5) is 35.2. The second-order valence-electron chi connectivity index (χ2n) is 5.53. The maximum atomic E-state index is 12.0. The SMILES string of the molecule is CC(C)(C)OC(=O)N1[C@@H](C(=O)O)CCC[C@H]1C(=O)O. The molecule has 0 aliphatic carbocycles. The van der Waals surface area contributed by atoms with Gasteiger partial charge in [-0.3, -0.25) is 4.90 Å². The van der Waals surface area contributed by atoms with Crippen LogP contribution in [0.1, 0.15) is 40.0 Å². The molecule has 0 bridgehead atoms. The number of aliphatic carboxylic acids is 2. The Kier molecular flexibility index (Phi) is 4.39. The van der Waals surface area contributed by atoms with Gasteiger partial charge in [-0.05, 0) is 40.0 Å². The fourth-order valence-electron chi connectivity index (χ4n) is 2.05. The van der Waals surface area contributed by atoms with Crippen LogP contribution in [0.4, 0.5) is 4.79 Å². The molecular formula is C12H19NO6. The highest BCUT2D eigenvalue weighted by atomic mass is 16.6. The minimum Gasteiger partial charge on any atom is -0.480 e. The van der Waals surface area contributed by atoms with Crippen molar-refractivity contribution in [2.24, 2.45) is 0 Å². The molecule has 7 nitrogen and oxygen atoms in total. The lowest BCUT2D eigenvalue weighted by Gasteiger charge is -2.38. The highest BCUT2D eigenvalue weighted by molar-refractivity contribution is 5.86. The number of carboxylic acid groups (broad SMARTS) is 2. The van der Waals surface area contributed by atoms with Crippen molar-refractivity contribution >= 4 is 18.0 Å². The van der Waals surface area contributed by atoms with Crippen LogP contribution in [0.2, 0.25) is 0 Å². The minimum absolute atomic E-state index is 0.234. The van der Waals surface area contributed by atoms with E-state index in [-0.39, 0.29) is 12.8 Å². The first kappa shape index (κ1) is 15.3. The molecular weight excluding hydrogens is 254 g/mol. The zero-order chi connectivity index (χ0) is 14.8. The lowest BCUT2D eigenvalue weighted by Crippen LogP contribution is -2.57. The van der Waals surface area contributed by atoms with E-state index in [1.54, 1.807) is 20.8 Å². The molecule has 108 valence electrons. The highest BCUT2D eigenvalue weighted by Crippen LogP contribution is 2.26. The Morgan fingerprint density at radius 2 is 1.47 bits per heavy atom. The summed E-state index contributed by atoms with van der Waals surface area (Å²) in [7, 11) is 0. The number of carbonyl (C=O) groups is 3. The number of likely N-dealkylation sites (tertiary alicyclic amines) is 1. The fourth-order valence-corrected chi connectivity index (χ4v) is 2.05. The molecule has 2 atom stereocenters. The van der Waals surface area contributed by atoms with Crippen LogP contribution in [-0.2, 0) is 14.3 Å². The van der Waals surface area contributed by atoms with Gasteiger partial charge in [0.2, 0.25) is 0 Å². The molecule has 0 aromatic carbocycles. The maximum absolute atomic E-state index is 12.0. The molecule has 1 rings (SSSR count). The average Bonchev–Trinajstić information content (AvgIpc) is 2.25. The lowest BCUT2D eigenvalue weighted by atomic mass is 9.96. The van der Waals surface area contributed by atoms with Gasteiger partial charge in [0.1, 0.15) is 17.7 Å². The first-order chi connectivity index (χ1) is 8.63. The molecule has 0 saturated carbocycles. The van der Waals surface area contributed by atoms with E-state index in [0.29, 0.717) is 6.42 Å². The number of nitrogens with zero attached hydrogens (tertiary/aromatic N) is 1. The molecule has 0 radical (unpaired) electrons. The molecule has 0 aromatic rings. The molecule has 1 heterocycles. The maximum Gasteiger partial charge on any atom is 0.411 e. The van der Waals surface area contributed by atoms with Crippen molar-refractivity contribution in [3.63, 3.8) is 0 Å². The molecule has 0 spiro atoms. The Hall–Kier alpha value is -1.79. The summed E-state index contributed by atoms with van der Waals surface area (Å²) in [5.41, 5.74) is -0.805. The van der Waals surface area contributed by atoms with Crippen molar-refractivity contribution in [1.82, 2.24) is 4.90 Å². The van der Waals surface area contributed by atoms with Crippen molar-refractivity contribution in [1.29, 1.82) is 0 Å². The van der Waals surface area contributed by atoms with E-state index in [1.807, 2.05) is 0 Å². The van der Waals surface area contributed by atoms with Crippen LogP contribution in [0.5, 0.6) is 0 Å². The zero-order valence-electron chi connectivity index (χ0n) is 11.3. The van der Waals surface area contributed by atoms with E-state index in [2.05, 4.69) is 0 Å². The Morgan fingerprint density at radius 3 is 1.79 bits per heavy atom. The number of amides is 1. The molecule has 1 saturated heterocycles. The van der Waals surface area contributed by atoms with Gasteiger partial charge in [-0.25, -0.2) is 14.4 Å². The number of rotatable bonds is 2. The van der Waals surface area contributed by atoms with Crippen LogP contribution >= 0.6 is 0 Å². The van der Waals surface area contributed by atoms with E-state index < -0.39 is 35.7 Å². The number of hydrogen-bond acceptors (Lipinski definition) is 4. The Balaban J connectivity index is 3.00. The van der Waals surface area contributed by atoms with Gasteiger partial charge in [-0.1, -0.05) is 0 Å². The number of hydrogen-bond donors (Lipinski definition) is 2. The summed E-state index contributed by atoms with van der Waals surface area (Å²) in [5.74, 6) is -2.42. The van der Waals surface area contributed by atoms with Gasteiger partial charge in [-0.15, -0.1) is 0 Å². The third-order valence-corrected chi connectivity index (χ3v) is 2.80. The molecule has 1 fully saturated rings. The monoisotopic (exact) mass is 273 g/mol. The summed E-state index contributed by atoms with van der Waals surface area (Å²) in [5, 5.41) is 18.2.